The quantitative estimate of drug-likeness (QED) is 0.727. The molecule has 0 amide bonds. The van der Waals surface area contributed by atoms with Gasteiger partial charge in [0.05, 0.1) is 11.6 Å². The van der Waals surface area contributed by atoms with Gasteiger partial charge in [-0.2, -0.15) is 5.26 Å². The van der Waals surface area contributed by atoms with Crippen LogP contribution in [0.4, 0.5) is 0 Å². The van der Waals surface area contributed by atoms with Gasteiger partial charge in [-0.05, 0) is 36.4 Å². The average molecular weight is 260 g/mol. The molecule has 2 heterocycles. The molecule has 3 rings (SSSR count). The first-order chi connectivity index (χ1) is 9.86. The van der Waals surface area contributed by atoms with E-state index in [1.54, 1.807) is 24.5 Å². The highest BCUT2D eigenvalue weighted by atomic mass is 15.1. The van der Waals surface area contributed by atoms with Gasteiger partial charge in [0.25, 0.3) is 0 Å². The van der Waals surface area contributed by atoms with Gasteiger partial charge in [0.2, 0.25) is 0 Å². The lowest BCUT2D eigenvalue weighted by Gasteiger charge is -2.07. The number of aromatic nitrogens is 3. The van der Waals surface area contributed by atoms with Crippen LogP contribution >= 0.6 is 0 Å². The molecule has 0 atom stereocenters. The van der Waals surface area contributed by atoms with Gasteiger partial charge in [0.15, 0.2) is 0 Å². The number of pyridine rings is 1. The van der Waals surface area contributed by atoms with E-state index in [1.165, 1.54) is 0 Å². The Morgan fingerprint density at radius 3 is 2.55 bits per heavy atom. The first-order valence-electron chi connectivity index (χ1n) is 6.29. The lowest BCUT2D eigenvalue weighted by Crippen LogP contribution is -2.02. The van der Waals surface area contributed by atoms with Crippen LogP contribution in [0.3, 0.4) is 0 Å². The molecular weight excluding hydrogens is 248 g/mol. The van der Waals surface area contributed by atoms with Crippen molar-refractivity contribution in [3.63, 3.8) is 0 Å². The summed E-state index contributed by atoms with van der Waals surface area (Å²) in [5.41, 5.74) is 2.63. The molecule has 0 fully saturated rings. The molecule has 0 bridgehead atoms. The fraction of sp³-hybridized carbons (Fsp3) is 0.0625. The summed E-state index contributed by atoms with van der Waals surface area (Å²) < 4.78 is 2.01. The summed E-state index contributed by atoms with van der Waals surface area (Å²) in [7, 11) is 0. The van der Waals surface area contributed by atoms with Gasteiger partial charge in [-0.25, -0.2) is 4.98 Å². The zero-order valence-corrected chi connectivity index (χ0v) is 10.8. The van der Waals surface area contributed by atoms with Crippen molar-refractivity contribution in [3.05, 3.63) is 78.1 Å². The van der Waals surface area contributed by atoms with Crippen molar-refractivity contribution < 1.29 is 0 Å². The Morgan fingerprint density at radius 2 is 1.85 bits per heavy atom. The Morgan fingerprint density at radius 1 is 1.00 bits per heavy atom. The summed E-state index contributed by atoms with van der Waals surface area (Å²) in [6, 6.07) is 15.4. The molecule has 0 N–H and O–H groups in total. The maximum atomic E-state index is 8.83. The standard InChI is InChI=1S/C16H12N4/c17-12-13-4-6-15(7-5-13)20-10-9-19-16(20)11-14-3-1-2-8-18-14/h1-10H,11H2. The van der Waals surface area contributed by atoms with Crippen LogP contribution in [0.25, 0.3) is 5.69 Å². The molecule has 3 aromatic rings. The largest absolute Gasteiger partial charge is 0.303 e. The van der Waals surface area contributed by atoms with E-state index in [2.05, 4.69) is 16.0 Å². The van der Waals surface area contributed by atoms with Crippen LogP contribution in [0.2, 0.25) is 0 Å². The Bertz CT molecular complexity index is 736. The van der Waals surface area contributed by atoms with Gasteiger partial charge in [0, 0.05) is 36.4 Å². The molecule has 0 radical (unpaired) electrons. The SMILES string of the molecule is N#Cc1ccc(-n2ccnc2Cc2ccccn2)cc1. The molecule has 2 aromatic heterocycles. The third kappa shape index (κ3) is 2.43. The summed E-state index contributed by atoms with van der Waals surface area (Å²) in [4.78, 5) is 8.71. The minimum Gasteiger partial charge on any atom is -0.303 e. The van der Waals surface area contributed by atoms with Crippen molar-refractivity contribution in [2.45, 2.75) is 6.42 Å². The van der Waals surface area contributed by atoms with Crippen LogP contribution in [-0.4, -0.2) is 14.5 Å². The Labute approximate surface area is 117 Å². The number of hydrogen-bond donors (Lipinski definition) is 0. The lowest BCUT2D eigenvalue weighted by molar-refractivity contribution is 0.892. The van der Waals surface area contributed by atoms with Gasteiger partial charge in [-0.15, -0.1) is 0 Å². The predicted octanol–water partition coefficient (Wildman–Crippen LogP) is 2.73. The molecule has 0 saturated heterocycles. The van der Waals surface area contributed by atoms with Gasteiger partial charge in [0.1, 0.15) is 5.82 Å². The Balaban J connectivity index is 1.92. The number of rotatable bonds is 3. The monoisotopic (exact) mass is 260 g/mol. The number of hydrogen-bond acceptors (Lipinski definition) is 3. The van der Waals surface area contributed by atoms with Crippen molar-refractivity contribution in [1.29, 1.82) is 5.26 Å². The van der Waals surface area contributed by atoms with Crippen molar-refractivity contribution in [1.82, 2.24) is 14.5 Å². The van der Waals surface area contributed by atoms with Gasteiger partial charge >= 0.3 is 0 Å². The number of imidazole rings is 1. The van der Waals surface area contributed by atoms with Crippen molar-refractivity contribution in [2.75, 3.05) is 0 Å². The maximum Gasteiger partial charge on any atom is 0.119 e. The highest BCUT2D eigenvalue weighted by Gasteiger charge is 2.06. The summed E-state index contributed by atoms with van der Waals surface area (Å²) in [5.74, 6) is 0.924. The predicted molar refractivity (Wildman–Crippen MR) is 75.3 cm³/mol. The molecule has 96 valence electrons. The van der Waals surface area contributed by atoms with Crippen molar-refractivity contribution in [2.24, 2.45) is 0 Å². The maximum absolute atomic E-state index is 8.83. The van der Waals surface area contributed by atoms with Crippen LogP contribution in [0.5, 0.6) is 0 Å². The van der Waals surface area contributed by atoms with Crippen LogP contribution in [0, 0.1) is 11.3 Å². The summed E-state index contributed by atoms with van der Waals surface area (Å²) in [5, 5.41) is 8.83. The summed E-state index contributed by atoms with van der Waals surface area (Å²) in [6.45, 7) is 0. The van der Waals surface area contributed by atoms with Crippen molar-refractivity contribution in [3.8, 4) is 11.8 Å². The average Bonchev–Trinajstić information content (AvgIpc) is 2.96. The molecule has 0 aliphatic carbocycles. The van der Waals surface area contributed by atoms with Crippen LogP contribution in [-0.2, 0) is 6.42 Å². The molecule has 0 aliphatic rings. The summed E-state index contributed by atoms with van der Waals surface area (Å²) in [6.07, 6.45) is 6.15. The molecule has 0 saturated carbocycles. The number of nitrogens with zero attached hydrogens (tertiary/aromatic N) is 4. The molecule has 4 heteroatoms. The van der Waals surface area contributed by atoms with E-state index in [-0.39, 0.29) is 0 Å². The van der Waals surface area contributed by atoms with Crippen LogP contribution in [0.15, 0.2) is 61.1 Å². The minimum atomic E-state index is 0.653. The zero-order chi connectivity index (χ0) is 13.8. The van der Waals surface area contributed by atoms with Gasteiger partial charge in [-0.3, -0.25) is 4.98 Å². The highest BCUT2D eigenvalue weighted by Crippen LogP contribution is 2.14. The van der Waals surface area contributed by atoms with E-state index in [1.807, 2.05) is 41.1 Å². The third-order valence-corrected chi connectivity index (χ3v) is 3.06. The Hall–Kier alpha value is -2.93. The van der Waals surface area contributed by atoms with Crippen LogP contribution in [0.1, 0.15) is 17.1 Å². The van der Waals surface area contributed by atoms with E-state index in [9.17, 15) is 0 Å². The second kappa shape index (κ2) is 5.37. The van der Waals surface area contributed by atoms with Gasteiger partial charge < -0.3 is 4.57 Å². The fourth-order valence-electron chi connectivity index (χ4n) is 2.06. The van der Waals surface area contributed by atoms with Gasteiger partial charge in [-0.1, -0.05) is 6.07 Å². The Kier molecular flexibility index (Phi) is 3.25. The third-order valence-electron chi connectivity index (χ3n) is 3.06. The van der Waals surface area contributed by atoms with E-state index >= 15 is 0 Å². The molecule has 0 aliphatic heterocycles. The van der Waals surface area contributed by atoms with E-state index < -0.39 is 0 Å². The molecule has 1 aromatic carbocycles. The summed E-state index contributed by atoms with van der Waals surface area (Å²) >= 11 is 0. The van der Waals surface area contributed by atoms with E-state index in [4.69, 9.17) is 5.26 Å². The zero-order valence-electron chi connectivity index (χ0n) is 10.8. The molecule has 4 nitrogen and oxygen atoms in total. The van der Waals surface area contributed by atoms with Crippen LogP contribution < -0.4 is 0 Å². The number of benzene rings is 1. The first-order valence-corrected chi connectivity index (χ1v) is 6.29. The second-order valence-corrected chi connectivity index (χ2v) is 4.37. The van der Waals surface area contributed by atoms with Crippen molar-refractivity contribution >= 4 is 0 Å². The molecular formula is C16H12N4. The topological polar surface area (TPSA) is 54.5 Å². The first kappa shape index (κ1) is 12.1. The number of nitriles is 1. The molecule has 0 unspecified atom stereocenters. The lowest BCUT2D eigenvalue weighted by atomic mass is 10.2. The smallest absolute Gasteiger partial charge is 0.119 e. The second-order valence-electron chi connectivity index (χ2n) is 4.37. The molecule has 20 heavy (non-hydrogen) atoms. The fourth-order valence-corrected chi connectivity index (χ4v) is 2.06. The minimum absolute atomic E-state index is 0.653. The van der Waals surface area contributed by atoms with E-state index in [0.717, 1.165) is 17.2 Å². The normalized spacial score (nSPS) is 10.2. The van der Waals surface area contributed by atoms with E-state index in [0.29, 0.717) is 12.0 Å². The molecule has 0 spiro atoms. The highest BCUT2D eigenvalue weighted by molar-refractivity contribution is 5.40.